The molecule has 0 atom stereocenters. The van der Waals surface area contributed by atoms with E-state index in [1.165, 1.54) is 0 Å². The molecule has 2 aromatic rings. The predicted molar refractivity (Wildman–Crippen MR) is 82.2 cm³/mol. The molecule has 6 heteroatoms. The first-order chi connectivity index (χ1) is 10.4. The number of imidazole rings is 1. The van der Waals surface area contributed by atoms with Crippen LogP contribution >= 0.6 is 0 Å². The van der Waals surface area contributed by atoms with Crippen LogP contribution in [-0.2, 0) is 5.54 Å². The van der Waals surface area contributed by atoms with Gasteiger partial charge in [-0.25, -0.2) is 4.98 Å². The molecule has 0 bridgehead atoms. The van der Waals surface area contributed by atoms with E-state index < -0.39 is 0 Å². The van der Waals surface area contributed by atoms with Crippen LogP contribution in [0.15, 0.2) is 35.8 Å². The average Bonchev–Trinajstić information content (AvgIpc) is 2.90. The zero-order valence-corrected chi connectivity index (χ0v) is 12.5. The Morgan fingerprint density at radius 2 is 1.82 bits per heavy atom. The Balaban J connectivity index is 2.45. The molecule has 1 N–H and O–H groups in total. The summed E-state index contributed by atoms with van der Waals surface area (Å²) in [5.74, 6) is 0. The van der Waals surface area contributed by atoms with E-state index in [9.17, 15) is 0 Å². The zero-order chi connectivity index (χ0) is 16.3. The minimum atomic E-state index is -0.247. The zero-order valence-electron chi connectivity index (χ0n) is 12.5. The number of allylic oxidation sites excluding steroid dienone is 2. The molecular weight excluding hydrogens is 276 g/mol. The maximum atomic E-state index is 9.05. The van der Waals surface area contributed by atoms with Crippen LogP contribution in [0.5, 0.6) is 0 Å². The van der Waals surface area contributed by atoms with E-state index in [1.807, 2.05) is 12.1 Å². The van der Waals surface area contributed by atoms with Crippen molar-refractivity contribution < 1.29 is 0 Å². The molecule has 0 radical (unpaired) electrons. The summed E-state index contributed by atoms with van der Waals surface area (Å²) in [6.07, 6.45) is 1.77. The van der Waals surface area contributed by atoms with Crippen molar-refractivity contribution in [1.29, 1.82) is 15.8 Å². The highest BCUT2D eigenvalue weighted by Crippen LogP contribution is 2.24. The molecule has 22 heavy (non-hydrogen) atoms. The highest BCUT2D eigenvalue weighted by molar-refractivity contribution is 5.80. The first-order valence-corrected chi connectivity index (χ1v) is 6.60. The molecule has 0 saturated heterocycles. The summed E-state index contributed by atoms with van der Waals surface area (Å²) in [6.45, 7) is 6.26. The lowest BCUT2D eigenvalue weighted by molar-refractivity contribution is 0.408. The number of fused-ring (bicyclic) bond motifs is 1. The Morgan fingerprint density at radius 1 is 1.14 bits per heavy atom. The first-order valence-electron chi connectivity index (χ1n) is 6.60. The predicted octanol–water partition coefficient (Wildman–Crippen LogP) is 3.03. The van der Waals surface area contributed by atoms with E-state index in [0.717, 1.165) is 11.0 Å². The molecule has 0 amide bonds. The number of nitrogens with zero attached hydrogens (tertiary/aromatic N) is 5. The molecule has 0 saturated carbocycles. The highest BCUT2D eigenvalue weighted by atomic mass is 15.1. The summed E-state index contributed by atoms with van der Waals surface area (Å²) in [7, 11) is 0. The number of nitriles is 3. The Bertz CT molecular complexity index is 858. The van der Waals surface area contributed by atoms with Crippen molar-refractivity contribution in [3.8, 4) is 18.2 Å². The van der Waals surface area contributed by atoms with Gasteiger partial charge >= 0.3 is 0 Å². The van der Waals surface area contributed by atoms with Crippen LogP contribution in [0.3, 0.4) is 0 Å². The van der Waals surface area contributed by atoms with E-state index in [0.29, 0.717) is 5.69 Å². The van der Waals surface area contributed by atoms with Crippen LogP contribution in [0.25, 0.3) is 11.0 Å². The van der Waals surface area contributed by atoms with Crippen molar-refractivity contribution in [2.45, 2.75) is 26.3 Å². The van der Waals surface area contributed by atoms with Gasteiger partial charge in [0.2, 0.25) is 0 Å². The molecule has 0 aliphatic rings. The van der Waals surface area contributed by atoms with Crippen molar-refractivity contribution in [2.75, 3.05) is 5.32 Å². The SMILES string of the molecule is CC(C)(C)n1cnc2cc(NC(C#N)=C(C#N)C#N)ccc21. The molecule has 1 aromatic heterocycles. The Kier molecular flexibility index (Phi) is 3.84. The van der Waals surface area contributed by atoms with Gasteiger partial charge in [0.05, 0.1) is 17.4 Å². The van der Waals surface area contributed by atoms with Crippen LogP contribution in [-0.4, -0.2) is 9.55 Å². The van der Waals surface area contributed by atoms with E-state index in [-0.39, 0.29) is 16.8 Å². The molecular formula is C16H14N6. The summed E-state index contributed by atoms with van der Waals surface area (Å²) < 4.78 is 2.06. The van der Waals surface area contributed by atoms with E-state index >= 15 is 0 Å². The smallest absolute Gasteiger partial charge is 0.163 e. The quantitative estimate of drug-likeness (QED) is 0.856. The van der Waals surface area contributed by atoms with Crippen molar-refractivity contribution in [1.82, 2.24) is 9.55 Å². The summed E-state index contributed by atoms with van der Waals surface area (Å²) in [4.78, 5) is 4.36. The van der Waals surface area contributed by atoms with Gasteiger partial charge in [-0.1, -0.05) is 0 Å². The lowest BCUT2D eigenvalue weighted by Crippen LogP contribution is -2.20. The van der Waals surface area contributed by atoms with Gasteiger partial charge in [0.25, 0.3) is 0 Å². The van der Waals surface area contributed by atoms with Gasteiger partial charge in [-0.3, -0.25) is 0 Å². The third-order valence-electron chi connectivity index (χ3n) is 3.12. The molecule has 0 unspecified atom stereocenters. The van der Waals surface area contributed by atoms with Gasteiger partial charge < -0.3 is 9.88 Å². The fourth-order valence-electron chi connectivity index (χ4n) is 2.05. The van der Waals surface area contributed by atoms with Crippen molar-refractivity contribution in [3.63, 3.8) is 0 Å². The van der Waals surface area contributed by atoms with Crippen molar-refractivity contribution in [2.24, 2.45) is 0 Å². The lowest BCUT2D eigenvalue weighted by Gasteiger charge is -2.21. The van der Waals surface area contributed by atoms with E-state index in [2.05, 4.69) is 35.6 Å². The Hall–Kier alpha value is -3.30. The van der Waals surface area contributed by atoms with Gasteiger partial charge in [0, 0.05) is 11.2 Å². The maximum absolute atomic E-state index is 9.05. The van der Waals surface area contributed by atoms with Gasteiger partial charge in [-0.15, -0.1) is 0 Å². The summed E-state index contributed by atoms with van der Waals surface area (Å²) in [5.41, 5.74) is 1.94. The highest BCUT2D eigenvalue weighted by Gasteiger charge is 2.16. The summed E-state index contributed by atoms with van der Waals surface area (Å²) >= 11 is 0. The minimum Gasteiger partial charge on any atom is -0.345 e. The number of nitrogens with one attached hydrogen (secondary N) is 1. The maximum Gasteiger partial charge on any atom is 0.163 e. The number of anilines is 1. The summed E-state index contributed by atoms with van der Waals surface area (Å²) in [6, 6.07) is 10.7. The third-order valence-corrected chi connectivity index (χ3v) is 3.12. The molecule has 0 spiro atoms. The fraction of sp³-hybridized carbons (Fsp3) is 0.250. The Labute approximate surface area is 128 Å². The fourth-order valence-corrected chi connectivity index (χ4v) is 2.05. The standard InChI is InChI=1S/C16H14N6/c1-16(2,3)22-10-20-13-6-12(4-5-15(13)22)21-14(9-19)11(7-17)8-18/h4-6,10,21H,1-3H3. The van der Waals surface area contributed by atoms with E-state index in [4.69, 9.17) is 15.8 Å². The van der Waals surface area contributed by atoms with Gasteiger partial charge in [0.1, 0.15) is 23.9 Å². The largest absolute Gasteiger partial charge is 0.345 e. The van der Waals surface area contributed by atoms with Gasteiger partial charge in [0.15, 0.2) is 5.57 Å². The molecule has 6 nitrogen and oxygen atoms in total. The number of rotatable bonds is 2. The van der Waals surface area contributed by atoms with Gasteiger partial charge in [-0.2, -0.15) is 15.8 Å². The van der Waals surface area contributed by atoms with Crippen molar-refractivity contribution >= 4 is 16.7 Å². The number of benzene rings is 1. The molecule has 2 rings (SSSR count). The average molecular weight is 290 g/mol. The van der Waals surface area contributed by atoms with Crippen LogP contribution in [0.2, 0.25) is 0 Å². The summed E-state index contributed by atoms with van der Waals surface area (Å²) in [5, 5.41) is 29.5. The second-order valence-electron chi connectivity index (χ2n) is 5.70. The Morgan fingerprint density at radius 3 is 2.36 bits per heavy atom. The van der Waals surface area contributed by atoms with Crippen molar-refractivity contribution in [3.05, 3.63) is 35.8 Å². The molecule has 1 heterocycles. The van der Waals surface area contributed by atoms with E-state index in [1.54, 1.807) is 30.6 Å². The molecule has 108 valence electrons. The minimum absolute atomic E-state index is 0.0698. The number of hydrogen-bond acceptors (Lipinski definition) is 5. The molecule has 0 fully saturated rings. The van der Waals surface area contributed by atoms with Gasteiger partial charge in [-0.05, 0) is 39.0 Å². The van der Waals surface area contributed by atoms with Crippen LogP contribution in [0.4, 0.5) is 5.69 Å². The molecule has 1 aromatic carbocycles. The van der Waals surface area contributed by atoms with Crippen LogP contribution in [0.1, 0.15) is 20.8 Å². The normalized spacial score (nSPS) is 10.4. The molecule has 0 aliphatic heterocycles. The second-order valence-corrected chi connectivity index (χ2v) is 5.70. The van der Waals surface area contributed by atoms with Crippen LogP contribution in [0, 0.1) is 34.0 Å². The monoisotopic (exact) mass is 290 g/mol. The number of aromatic nitrogens is 2. The second kappa shape index (κ2) is 5.60. The topological polar surface area (TPSA) is 101 Å². The first kappa shape index (κ1) is 15.1. The van der Waals surface area contributed by atoms with Crippen LogP contribution < -0.4 is 5.32 Å². The third kappa shape index (κ3) is 2.75. The lowest BCUT2D eigenvalue weighted by atomic mass is 10.1. The molecule has 0 aliphatic carbocycles. The number of hydrogen-bond donors (Lipinski definition) is 1.